The molecule has 0 saturated heterocycles. The number of para-hydroxylation sites is 1. The molecule has 1 heterocycles. The van der Waals surface area contributed by atoms with Crippen molar-refractivity contribution in [3.63, 3.8) is 0 Å². The van der Waals surface area contributed by atoms with E-state index in [9.17, 15) is 9.59 Å². The lowest BCUT2D eigenvalue weighted by molar-refractivity contribution is -0.118. The molecule has 0 unspecified atom stereocenters. The van der Waals surface area contributed by atoms with Gasteiger partial charge in [-0.15, -0.1) is 0 Å². The van der Waals surface area contributed by atoms with E-state index in [-0.39, 0.29) is 11.5 Å². The van der Waals surface area contributed by atoms with E-state index in [0.29, 0.717) is 34.3 Å². The van der Waals surface area contributed by atoms with Gasteiger partial charge in [0.15, 0.2) is 5.16 Å². The van der Waals surface area contributed by atoms with Crippen LogP contribution < -0.4 is 10.9 Å². The third-order valence-corrected chi connectivity index (χ3v) is 5.73. The minimum atomic E-state index is -0.0797. The van der Waals surface area contributed by atoms with E-state index in [4.69, 9.17) is 4.98 Å². The maximum absolute atomic E-state index is 13.2. The number of hydrogen-bond donors (Lipinski definition) is 1. The fourth-order valence-corrected chi connectivity index (χ4v) is 3.86. The first kappa shape index (κ1) is 20.1. The normalized spacial score (nSPS) is 12.1. The molecular weight excluding hydrogens is 370 g/mol. The zero-order chi connectivity index (χ0) is 20.1. The number of aromatic nitrogens is 2. The molecular formula is C22H25N3O2S. The van der Waals surface area contributed by atoms with Crippen molar-refractivity contribution in [1.82, 2.24) is 14.9 Å². The third kappa shape index (κ3) is 4.44. The summed E-state index contributed by atoms with van der Waals surface area (Å²) in [6, 6.07) is 15.5. The van der Waals surface area contributed by atoms with E-state index >= 15 is 0 Å². The summed E-state index contributed by atoms with van der Waals surface area (Å²) in [6.45, 7) is 6.38. The number of rotatable bonds is 7. The van der Waals surface area contributed by atoms with Crippen LogP contribution in [0, 0.1) is 0 Å². The monoisotopic (exact) mass is 395 g/mol. The molecule has 0 radical (unpaired) electrons. The Morgan fingerprint density at radius 3 is 2.57 bits per heavy atom. The van der Waals surface area contributed by atoms with Crippen molar-refractivity contribution in [3.05, 3.63) is 64.4 Å². The molecule has 6 heteroatoms. The average molecular weight is 396 g/mol. The summed E-state index contributed by atoms with van der Waals surface area (Å²) >= 11 is 1.47. The Balaban J connectivity index is 2.03. The first-order valence-corrected chi connectivity index (χ1v) is 10.5. The molecule has 1 amide bonds. The zero-order valence-corrected chi connectivity index (χ0v) is 17.3. The van der Waals surface area contributed by atoms with Crippen LogP contribution in [0.5, 0.6) is 0 Å². The molecule has 0 aliphatic rings. The van der Waals surface area contributed by atoms with Gasteiger partial charge in [-0.2, -0.15) is 0 Å². The number of amides is 1. The molecule has 0 spiro atoms. The smallest absolute Gasteiger partial charge is 0.266 e. The maximum atomic E-state index is 13.2. The van der Waals surface area contributed by atoms with E-state index in [2.05, 4.69) is 31.3 Å². The van der Waals surface area contributed by atoms with Gasteiger partial charge in [0.1, 0.15) is 0 Å². The zero-order valence-electron chi connectivity index (χ0n) is 16.4. The Bertz CT molecular complexity index is 1030. The van der Waals surface area contributed by atoms with Crippen LogP contribution >= 0.6 is 11.8 Å². The summed E-state index contributed by atoms with van der Waals surface area (Å²) in [7, 11) is 0. The molecule has 1 aromatic heterocycles. The van der Waals surface area contributed by atoms with Crippen LogP contribution in [0.4, 0.5) is 0 Å². The maximum Gasteiger partial charge on any atom is 0.266 e. The number of nitrogens with one attached hydrogen (secondary N) is 1. The lowest BCUT2D eigenvalue weighted by Gasteiger charge is -2.15. The van der Waals surface area contributed by atoms with E-state index in [1.807, 2.05) is 30.3 Å². The predicted octanol–water partition coefficient (Wildman–Crippen LogP) is 4.13. The minimum Gasteiger partial charge on any atom is -0.356 e. The SMILES string of the molecule is CC[C@H](C)c1ccc(-n2c(SCCNC(C)=O)nc3ccccc3c2=O)cc1. The highest BCUT2D eigenvalue weighted by Gasteiger charge is 2.14. The Labute approximate surface area is 169 Å². The molecule has 0 aliphatic heterocycles. The second-order valence-corrected chi connectivity index (χ2v) is 7.85. The number of carbonyl (C=O) groups excluding carboxylic acids is 1. The van der Waals surface area contributed by atoms with Gasteiger partial charge in [0.25, 0.3) is 5.56 Å². The Morgan fingerprint density at radius 2 is 1.89 bits per heavy atom. The third-order valence-electron chi connectivity index (χ3n) is 4.78. The first-order valence-electron chi connectivity index (χ1n) is 9.50. The number of nitrogens with zero attached hydrogens (tertiary/aromatic N) is 2. The molecule has 0 aliphatic carbocycles. The summed E-state index contributed by atoms with van der Waals surface area (Å²) in [5, 5.41) is 4.01. The number of thioether (sulfide) groups is 1. The first-order chi connectivity index (χ1) is 13.5. The van der Waals surface area contributed by atoms with Crippen LogP contribution in [0.2, 0.25) is 0 Å². The molecule has 2 aromatic carbocycles. The molecule has 146 valence electrons. The summed E-state index contributed by atoms with van der Waals surface area (Å²) in [5.41, 5.74) is 2.66. The predicted molar refractivity (Wildman–Crippen MR) is 115 cm³/mol. The van der Waals surface area contributed by atoms with E-state index in [1.54, 1.807) is 10.6 Å². The topological polar surface area (TPSA) is 64.0 Å². The van der Waals surface area contributed by atoms with E-state index < -0.39 is 0 Å². The van der Waals surface area contributed by atoms with Crippen molar-refractivity contribution in [2.45, 2.75) is 38.3 Å². The van der Waals surface area contributed by atoms with Crippen LogP contribution in [0.15, 0.2) is 58.5 Å². The molecule has 5 nitrogen and oxygen atoms in total. The fourth-order valence-electron chi connectivity index (χ4n) is 2.99. The largest absolute Gasteiger partial charge is 0.356 e. The van der Waals surface area contributed by atoms with Crippen LogP contribution in [0.25, 0.3) is 16.6 Å². The average Bonchev–Trinajstić information content (AvgIpc) is 2.71. The van der Waals surface area contributed by atoms with Gasteiger partial charge in [-0.25, -0.2) is 4.98 Å². The minimum absolute atomic E-state index is 0.0647. The van der Waals surface area contributed by atoms with Gasteiger partial charge in [0.2, 0.25) is 5.91 Å². The van der Waals surface area contributed by atoms with Crippen molar-refractivity contribution < 1.29 is 4.79 Å². The number of fused-ring (bicyclic) bond motifs is 1. The number of benzene rings is 2. The standard InChI is InChI=1S/C22H25N3O2S/c1-4-15(2)17-9-11-18(12-10-17)25-21(27)19-7-5-6-8-20(19)24-22(25)28-14-13-23-16(3)26/h5-12,15H,4,13-14H2,1-3H3,(H,23,26)/t15-/m0/s1. The molecule has 28 heavy (non-hydrogen) atoms. The van der Waals surface area contributed by atoms with Crippen molar-refractivity contribution in [2.75, 3.05) is 12.3 Å². The van der Waals surface area contributed by atoms with E-state index in [1.165, 1.54) is 24.2 Å². The Kier molecular flexibility index (Phi) is 6.52. The summed E-state index contributed by atoms with van der Waals surface area (Å²) in [6.07, 6.45) is 1.07. The quantitative estimate of drug-likeness (QED) is 0.371. The van der Waals surface area contributed by atoms with Gasteiger partial charge in [0, 0.05) is 19.2 Å². The van der Waals surface area contributed by atoms with E-state index in [0.717, 1.165) is 12.1 Å². The molecule has 1 N–H and O–H groups in total. The van der Waals surface area contributed by atoms with Gasteiger partial charge < -0.3 is 5.32 Å². The summed E-state index contributed by atoms with van der Waals surface area (Å²) < 4.78 is 1.67. The van der Waals surface area contributed by atoms with Gasteiger partial charge in [0.05, 0.1) is 16.6 Å². The second kappa shape index (κ2) is 9.06. The number of hydrogen-bond acceptors (Lipinski definition) is 4. The van der Waals surface area contributed by atoms with Gasteiger partial charge in [-0.3, -0.25) is 14.2 Å². The van der Waals surface area contributed by atoms with Crippen LogP contribution in [0.1, 0.15) is 38.7 Å². The highest BCUT2D eigenvalue weighted by atomic mass is 32.2. The number of carbonyl (C=O) groups is 1. The van der Waals surface area contributed by atoms with Crippen molar-refractivity contribution in [1.29, 1.82) is 0 Å². The van der Waals surface area contributed by atoms with Gasteiger partial charge >= 0.3 is 0 Å². The molecule has 0 bridgehead atoms. The van der Waals surface area contributed by atoms with Crippen LogP contribution in [0.3, 0.4) is 0 Å². The highest BCUT2D eigenvalue weighted by Crippen LogP contribution is 2.24. The van der Waals surface area contributed by atoms with Gasteiger partial charge in [-0.05, 0) is 42.2 Å². The Hall–Kier alpha value is -2.60. The highest BCUT2D eigenvalue weighted by molar-refractivity contribution is 7.99. The molecule has 0 saturated carbocycles. The van der Waals surface area contributed by atoms with Crippen LogP contribution in [-0.4, -0.2) is 27.8 Å². The lowest BCUT2D eigenvalue weighted by Crippen LogP contribution is -2.24. The van der Waals surface area contributed by atoms with Crippen molar-refractivity contribution in [3.8, 4) is 5.69 Å². The van der Waals surface area contributed by atoms with Gasteiger partial charge in [-0.1, -0.05) is 49.9 Å². The summed E-state index contributed by atoms with van der Waals surface area (Å²) in [4.78, 5) is 29.0. The molecule has 0 fully saturated rings. The second-order valence-electron chi connectivity index (χ2n) is 6.78. The fraction of sp³-hybridized carbons (Fsp3) is 0.318. The molecule has 3 rings (SSSR count). The molecule has 1 atom stereocenters. The lowest BCUT2D eigenvalue weighted by atomic mass is 9.98. The Morgan fingerprint density at radius 1 is 1.18 bits per heavy atom. The summed E-state index contributed by atoms with van der Waals surface area (Å²) in [5.74, 6) is 1.05. The van der Waals surface area contributed by atoms with Crippen LogP contribution in [-0.2, 0) is 4.79 Å². The molecule has 3 aromatic rings. The van der Waals surface area contributed by atoms with Crippen molar-refractivity contribution >= 4 is 28.6 Å². The van der Waals surface area contributed by atoms with Crippen molar-refractivity contribution in [2.24, 2.45) is 0 Å².